The first-order chi connectivity index (χ1) is 9.24. The molecule has 1 fully saturated rings. The molecule has 108 valence electrons. The predicted octanol–water partition coefficient (Wildman–Crippen LogP) is 1.75. The average molecular weight is 266 g/mol. The van der Waals surface area contributed by atoms with Crippen LogP contribution in [0.25, 0.3) is 0 Å². The molecule has 0 heterocycles. The molecule has 0 aromatic carbocycles. The van der Waals surface area contributed by atoms with Crippen LogP contribution in [0.15, 0.2) is 12.2 Å². The van der Waals surface area contributed by atoms with Crippen LogP contribution in [0.2, 0.25) is 0 Å². The first-order valence-electron chi connectivity index (χ1n) is 7.54. The van der Waals surface area contributed by atoms with Gasteiger partial charge in [0.1, 0.15) is 0 Å². The van der Waals surface area contributed by atoms with Crippen molar-refractivity contribution in [2.75, 3.05) is 13.2 Å². The minimum absolute atomic E-state index is 0.144. The van der Waals surface area contributed by atoms with Gasteiger partial charge in [-0.25, -0.2) is 0 Å². The number of hydrogen-bond donors (Lipinski definition) is 2. The van der Waals surface area contributed by atoms with Crippen molar-refractivity contribution >= 4 is 5.91 Å². The van der Waals surface area contributed by atoms with E-state index in [9.17, 15) is 4.79 Å². The quantitative estimate of drug-likeness (QED) is 0.568. The van der Waals surface area contributed by atoms with E-state index in [1.807, 2.05) is 0 Å². The van der Waals surface area contributed by atoms with E-state index in [0.29, 0.717) is 37.6 Å². The van der Waals surface area contributed by atoms with Gasteiger partial charge >= 0.3 is 0 Å². The SMILES string of the molecule is NC1CCC(OCCNC(=O)CC2C=CCC2)CC1. The second-order valence-electron chi connectivity index (χ2n) is 5.73. The first-order valence-corrected chi connectivity index (χ1v) is 7.54. The first kappa shape index (κ1) is 14.5. The van der Waals surface area contributed by atoms with Crippen LogP contribution in [0.5, 0.6) is 0 Å². The molecule has 1 saturated carbocycles. The van der Waals surface area contributed by atoms with Crippen LogP contribution in [0.4, 0.5) is 0 Å². The molecule has 0 bridgehead atoms. The van der Waals surface area contributed by atoms with Crippen molar-refractivity contribution in [2.24, 2.45) is 11.7 Å². The van der Waals surface area contributed by atoms with Gasteiger partial charge in [-0.15, -0.1) is 0 Å². The zero-order valence-electron chi connectivity index (χ0n) is 11.6. The number of amides is 1. The number of ether oxygens (including phenoxy) is 1. The standard InChI is InChI=1S/C15H26N2O2/c16-13-5-7-14(8-6-13)19-10-9-17-15(18)11-12-3-1-2-4-12/h1,3,12-14H,2,4-11,16H2,(H,17,18). The summed E-state index contributed by atoms with van der Waals surface area (Å²) in [6.45, 7) is 1.24. The summed E-state index contributed by atoms with van der Waals surface area (Å²) in [6, 6.07) is 0.360. The monoisotopic (exact) mass is 266 g/mol. The van der Waals surface area contributed by atoms with Gasteiger partial charge in [0.25, 0.3) is 0 Å². The number of carbonyl (C=O) groups excluding carboxylic acids is 1. The van der Waals surface area contributed by atoms with Gasteiger partial charge < -0.3 is 15.8 Å². The summed E-state index contributed by atoms with van der Waals surface area (Å²) in [5.74, 6) is 0.589. The van der Waals surface area contributed by atoms with E-state index in [0.717, 1.165) is 38.5 Å². The molecule has 2 aliphatic rings. The third kappa shape index (κ3) is 5.33. The van der Waals surface area contributed by atoms with Gasteiger partial charge in [-0.1, -0.05) is 12.2 Å². The number of rotatable bonds is 6. The summed E-state index contributed by atoms with van der Waals surface area (Å²) in [6.07, 6.45) is 11.7. The lowest BCUT2D eigenvalue weighted by atomic mass is 9.94. The molecular weight excluding hydrogens is 240 g/mol. The van der Waals surface area contributed by atoms with E-state index in [1.165, 1.54) is 0 Å². The lowest BCUT2D eigenvalue weighted by molar-refractivity contribution is -0.122. The third-order valence-corrected chi connectivity index (χ3v) is 4.06. The zero-order chi connectivity index (χ0) is 13.5. The molecule has 4 heteroatoms. The normalized spacial score (nSPS) is 30.5. The highest BCUT2D eigenvalue weighted by Gasteiger charge is 2.18. The Balaban J connectivity index is 1.49. The largest absolute Gasteiger partial charge is 0.376 e. The van der Waals surface area contributed by atoms with E-state index in [1.54, 1.807) is 0 Å². The van der Waals surface area contributed by atoms with Crippen LogP contribution in [0.3, 0.4) is 0 Å². The maximum Gasteiger partial charge on any atom is 0.220 e. The van der Waals surface area contributed by atoms with E-state index in [-0.39, 0.29) is 5.91 Å². The highest BCUT2D eigenvalue weighted by molar-refractivity contribution is 5.76. The Morgan fingerprint density at radius 3 is 2.74 bits per heavy atom. The van der Waals surface area contributed by atoms with E-state index >= 15 is 0 Å². The summed E-state index contributed by atoms with van der Waals surface area (Å²) in [5.41, 5.74) is 5.85. The van der Waals surface area contributed by atoms with Crippen molar-refractivity contribution in [3.8, 4) is 0 Å². The molecule has 0 aliphatic heterocycles. The number of nitrogens with one attached hydrogen (secondary N) is 1. The van der Waals surface area contributed by atoms with Crippen molar-refractivity contribution in [1.82, 2.24) is 5.32 Å². The van der Waals surface area contributed by atoms with Crippen molar-refractivity contribution in [2.45, 2.75) is 57.1 Å². The molecule has 0 saturated heterocycles. The highest BCUT2D eigenvalue weighted by atomic mass is 16.5. The van der Waals surface area contributed by atoms with Gasteiger partial charge in [0.2, 0.25) is 5.91 Å². The molecule has 0 aromatic rings. The van der Waals surface area contributed by atoms with E-state index in [2.05, 4.69) is 17.5 Å². The molecule has 3 N–H and O–H groups in total. The minimum atomic E-state index is 0.144. The molecule has 0 radical (unpaired) electrons. The number of nitrogens with two attached hydrogens (primary N) is 1. The maximum absolute atomic E-state index is 11.7. The second kappa shape index (κ2) is 7.65. The minimum Gasteiger partial charge on any atom is -0.376 e. The van der Waals surface area contributed by atoms with E-state index < -0.39 is 0 Å². The third-order valence-electron chi connectivity index (χ3n) is 4.06. The van der Waals surface area contributed by atoms with E-state index in [4.69, 9.17) is 10.5 Å². The van der Waals surface area contributed by atoms with Crippen molar-refractivity contribution in [3.05, 3.63) is 12.2 Å². The number of hydrogen-bond acceptors (Lipinski definition) is 3. The van der Waals surface area contributed by atoms with Crippen molar-refractivity contribution in [1.29, 1.82) is 0 Å². The van der Waals surface area contributed by atoms with Gasteiger partial charge in [0.05, 0.1) is 12.7 Å². The summed E-state index contributed by atoms with van der Waals surface area (Å²) in [7, 11) is 0. The van der Waals surface area contributed by atoms with Crippen molar-refractivity contribution in [3.63, 3.8) is 0 Å². The molecule has 2 aliphatic carbocycles. The Morgan fingerprint density at radius 2 is 2.05 bits per heavy atom. The topological polar surface area (TPSA) is 64.3 Å². The molecule has 2 rings (SSSR count). The van der Waals surface area contributed by atoms with Crippen LogP contribution in [-0.4, -0.2) is 31.2 Å². The number of carbonyl (C=O) groups is 1. The van der Waals surface area contributed by atoms with Crippen LogP contribution in [0.1, 0.15) is 44.9 Å². The Hall–Kier alpha value is -0.870. The molecular formula is C15H26N2O2. The van der Waals surface area contributed by atoms with Crippen LogP contribution < -0.4 is 11.1 Å². The second-order valence-corrected chi connectivity index (χ2v) is 5.73. The average Bonchev–Trinajstić information content (AvgIpc) is 2.89. The van der Waals surface area contributed by atoms with Crippen LogP contribution in [-0.2, 0) is 9.53 Å². The molecule has 1 unspecified atom stereocenters. The lowest BCUT2D eigenvalue weighted by Crippen LogP contribution is -2.33. The molecule has 0 spiro atoms. The van der Waals surface area contributed by atoms with Gasteiger partial charge in [-0.3, -0.25) is 4.79 Å². The Kier molecular flexibility index (Phi) is 5.86. The Morgan fingerprint density at radius 1 is 1.26 bits per heavy atom. The number of allylic oxidation sites excluding steroid dienone is 2. The van der Waals surface area contributed by atoms with Gasteiger partial charge in [0.15, 0.2) is 0 Å². The molecule has 4 nitrogen and oxygen atoms in total. The summed E-state index contributed by atoms with van der Waals surface area (Å²) in [5, 5.41) is 2.94. The maximum atomic E-state index is 11.7. The summed E-state index contributed by atoms with van der Waals surface area (Å²) < 4.78 is 5.77. The molecule has 0 aromatic heterocycles. The van der Waals surface area contributed by atoms with Crippen LogP contribution in [0, 0.1) is 5.92 Å². The zero-order valence-corrected chi connectivity index (χ0v) is 11.6. The smallest absolute Gasteiger partial charge is 0.220 e. The lowest BCUT2D eigenvalue weighted by Gasteiger charge is -2.26. The molecule has 1 amide bonds. The van der Waals surface area contributed by atoms with Crippen molar-refractivity contribution < 1.29 is 9.53 Å². The van der Waals surface area contributed by atoms with Gasteiger partial charge in [0, 0.05) is 19.0 Å². The molecule has 1 atom stereocenters. The fourth-order valence-corrected chi connectivity index (χ4v) is 2.85. The Labute approximate surface area is 115 Å². The summed E-state index contributed by atoms with van der Waals surface area (Å²) >= 11 is 0. The highest BCUT2D eigenvalue weighted by Crippen LogP contribution is 2.20. The fraction of sp³-hybridized carbons (Fsp3) is 0.800. The molecule has 19 heavy (non-hydrogen) atoms. The van der Waals surface area contributed by atoms with Gasteiger partial charge in [-0.2, -0.15) is 0 Å². The van der Waals surface area contributed by atoms with Crippen LogP contribution >= 0.6 is 0 Å². The summed E-state index contributed by atoms with van der Waals surface area (Å²) in [4.78, 5) is 11.7. The van der Waals surface area contributed by atoms with Gasteiger partial charge in [-0.05, 0) is 44.4 Å². The predicted molar refractivity (Wildman–Crippen MR) is 75.7 cm³/mol. The fourth-order valence-electron chi connectivity index (χ4n) is 2.85. The Bertz CT molecular complexity index is 309.